The number of hydrogen-bond donors (Lipinski definition) is 1. The van der Waals surface area contributed by atoms with Crippen LogP contribution < -0.4 is 10.1 Å². The van der Waals surface area contributed by atoms with Crippen LogP contribution in [0.2, 0.25) is 5.02 Å². The zero-order chi connectivity index (χ0) is 15.1. The predicted octanol–water partition coefficient (Wildman–Crippen LogP) is 4.44. The summed E-state index contributed by atoms with van der Waals surface area (Å²) in [4.78, 5) is 4.51. The minimum absolute atomic E-state index is 0.459. The predicted molar refractivity (Wildman–Crippen MR) is 89.3 cm³/mol. The molecule has 0 atom stereocenters. The Hall–Kier alpha value is -1.10. The molecule has 2 rings (SSSR count). The van der Waals surface area contributed by atoms with Gasteiger partial charge in [0.25, 0.3) is 0 Å². The minimum Gasteiger partial charge on any atom is -0.485 e. The van der Waals surface area contributed by atoms with Gasteiger partial charge in [-0.25, -0.2) is 4.98 Å². The van der Waals surface area contributed by atoms with Crippen molar-refractivity contribution in [2.45, 2.75) is 39.8 Å². The van der Waals surface area contributed by atoms with Gasteiger partial charge in [0.15, 0.2) is 0 Å². The maximum atomic E-state index is 6.27. The number of thiazole rings is 1. The van der Waals surface area contributed by atoms with Crippen LogP contribution in [0.4, 0.5) is 0 Å². The fraction of sp³-hybridized carbons (Fsp3) is 0.438. The molecule has 0 bridgehead atoms. The molecule has 0 saturated heterocycles. The van der Waals surface area contributed by atoms with Crippen molar-refractivity contribution < 1.29 is 4.74 Å². The average molecular weight is 325 g/mol. The molecule has 21 heavy (non-hydrogen) atoms. The number of nitrogens with zero attached hydrogens (tertiary/aromatic N) is 1. The molecule has 0 unspecified atom stereocenters. The molecule has 0 radical (unpaired) electrons. The first-order valence-corrected chi connectivity index (χ1v) is 8.54. The van der Waals surface area contributed by atoms with Crippen molar-refractivity contribution in [2.24, 2.45) is 0 Å². The highest BCUT2D eigenvalue weighted by molar-refractivity contribution is 7.09. The lowest BCUT2D eigenvalue weighted by Gasteiger charge is -2.13. The zero-order valence-corrected chi connectivity index (χ0v) is 14.1. The van der Waals surface area contributed by atoms with Crippen molar-refractivity contribution in [3.05, 3.63) is 44.9 Å². The van der Waals surface area contributed by atoms with Crippen molar-refractivity contribution in [1.29, 1.82) is 0 Å². The number of rotatable bonds is 8. The van der Waals surface area contributed by atoms with Crippen LogP contribution in [0, 0.1) is 0 Å². The second kappa shape index (κ2) is 8.37. The van der Waals surface area contributed by atoms with Gasteiger partial charge in [-0.05, 0) is 25.5 Å². The van der Waals surface area contributed by atoms with Crippen LogP contribution in [0.3, 0.4) is 0 Å². The molecule has 0 amide bonds. The van der Waals surface area contributed by atoms with Gasteiger partial charge in [0.1, 0.15) is 12.4 Å². The van der Waals surface area contributed by atoms with E-state index in [1.54, 1.807) is 11.3 Å². The Morgan fingerprint density at radius 2 is 2.19 bits per heavy atom. The molecule has 1 aromatic carbocycles. The summed E-state index contributed by atoms with van der Waals surface area (Å²) in [5, 5.41) is 7.21. The number of benzene rings is 1. The summed E-state index contributed by atoms with van der Waals surface area (Å²) in [6, 6.07) is 5.86. The van der Waals surface area contributed by atoms with E-state index in [4.69, 9.17) is 16.3 Å². The Labute approximate surface area is 135 Å². The summed E-state index contributed by atoms with van der Waals surface area (Å²) in [6.45, 7) is 6.46. The normalized spacial score (nSPS) is 10.8. The summed E-state index contributed by atoms with van der Waals surface area (Å²) >= 11 is 7.94. The average Bonchev–Trinajstić information content (AvgIpc) is 2.95. The van der Waals surface area contributed by atoms with Gasteiger partial charge in [-0.3, -0.25) is 0 Å². The molecule has 0 spiro atoms. The molecule has 0 fully saturated rings. The lowest BCUT2D eigenvalue weighted by molar-refractivity contribution is 0.298. The van der Waals surface area contributed by atoms with Crippen LogP contribution in [-0.4, -0.2) is 11.5 Å². The first-order chi connectivity index (χ1) is 10.2. The van der Waals surface area contributed by atoms with E-state index in [1.807, 2.05) is 23.6 Å². The Kier molecular flexibility index (Phi) is 6.49. The highest BCUT2D eigenvalue weighted by Gasteiger charge is 2.09. The first kappa shape index (κ1) is 16.3. The monoisotopic (exact) mass is 324 g/mol. The maximum Gasteiger partial charge on any atom is 0.142 e. The third-order valence-electron chi connectivity index (χ3n) is 3.06. The van der Waals surface area contributed by atoms with Gasteiger partial charge in [0, 0.05) is 17.5 Å². The van der Waals surface area contributed by atoms with Crippen LogP contribution in [0.1, 0.15) is 36.5 Å². The summed E-state index contributed by atoms with van der Waals surface area (Å²) in [7, 11) is 0. The molecule has 0 aliphatic rings. The Morgan fingerprint density at radius 1 is 1.33 bits per heavy atom. The van der Waals surface area contributed by atoms with Crippen LogP contribution in [0.5, 0.6) is 5.75 Å². The van der Waals surface area contributed by atoms with E-state index in [9.17, 15) is 0 Å². The molecule has 1 N–H and O–H groups in total. The minimum atomic E-state index is 0.459. The van der Waals surface area contributed by atoms with Gasteiger partial charge in [0.05, 0.1) is 15.7 Å². The van der Waals surface area contributed by atoms with E-state index in [-0.39, 0.29) is 0 Å². The second-order valence-electron chi connectivity index (χ2n) is 4.78. The standard InChI is InChI=1S/C16H21ClN2OS/c1-3-8-18-9-12-6-5-7-14(17)16(12)20-10-13-11-21-15(4-2)19-13/h5-7,11,18H,3-4,8-10H2,1-2H3. The molecule has 114 valence electrons. The van der Waals surface area contributed by atoms with Crippen LogP contribution in [0.25, 0.3) is 0 Å². The summed E-state index contributed by atoms with van der Waals surface area (Å²) in [6.07, 6.45) is 2.07. The SMILES string of the molecule is CCCNCc1cccc(Cl)c1OCc1csc(CC)n1. The Morgan fingerprint density at radius 3 is 2.90 bits per heavy atom. The van der Waals surface area contributed by atoms with E-state index >= 15 is 0 Å². The van der Waals surface area contributed by atoms with Gasteiger partial charge in [-0.1, -0.05) is 37.6 Å². The van der Waals surface area contributed by atoms with Crippen LogP contribution >= 0.6 is 22.9 Å². The Bertz CT molecular complexity index is 571. The van der Waals surface area contributed by atoms with Gasteiger partial charge >= 0.3 is 0 Å². The largest absolute Gasteiger partial charge is 0.485 e. The topological polar surface area (TPSA) is 34.1 Å². The number of nitrogens with one attached hydrogen (secondary N) is 1. The summed E-state index contributed by atoms with van der Waals surface area (Å²) < 4.78 is 5.91. The van der Waals surface area contributed by atoms with Crippen LogP contribution in [-0.2, 0) is 19.6 Å². The van der Waals surface area contributed by atoms with Crippen LogP contribution in [0.15, 0.2) is 23.6 Å². The number of para-hydroxylation sites is 1. The van der Waals surface area contributed by atoms with E-state index in [0.29, 0.717) is 11.6 Å². The number of halogens is 1. The van der Waals surface area contributed by atoms with Crippen molar-refractivity contribution in [3.63, 3.8) is 0 Å². The van der Waals surface area contributed by atoms with Gasteiger partial charge in [0.2, 0.25) is 0 Å². The third-order valence-corrected chi connectivity index (χ3v) is 4.40. The number of ether oxygens (including phenoxy) is 1. The molecular formula is C16H21ClN2OS. The highest BCUT2D eigenvalue weighted by atomic mass is 35.5. The van der Waals surface area contributed by atoms with Crippen molar-refractivity contribution >= 4 is 22.9 Å². The number of hydrogen-bond acceptors (Lipinski definition) is 4. The second-order valence-corrected chi connectivity index (χ2v) is 6.13. The summed E-state index contributed by atoms with van der Waals surface area (Å²) in [5.41, 5.74) is 2.05. The van der Waals surface area contributed by atoms with Crippen molar-refractivity contribution in [1.82, 2.24) is 10.3 Å². The quantitative estimate of drug-likeness (QED) is 0.729. The molecule has 0 aliphatic carbocycles. The van der Waals surface area contributed by atoms with Crippen molar-refractivity contribution in [2.75, 3.05) is 6.54 Å². The van der Waals surface area contributed by atoms with Gasteiger partial charge < -0.3 is 10.1 Å². The van der Waals surface area contributed by atoms with Gasteiger partial charge in [-0.2, -0.15) is 0 Å². The Balaban J connectivity index is 2.03. The summed E-state index contributed by atoms with van der Waals surface area (Å²) in [5.74, 6) is 0.758. The lowest BCUT2D eigenvalue weighted by atomic mass is 10.2. The molecule has 5 heteroatoms. The van der Waals surface area contributed by atoms with Gasteiger partial charge in [-0.15, -0.1) is 11.3 Å². The van der Waals surface area contributed by atoms with E-state index < -0.39 is 0 Å². The molecule has 1 aromatic heterocycles. The molecule has 0 aliphatic heterocycles. The number of aromatic nitrogens is 1. The molecule has 2 aromatic rings. The molecule has 3 nitrogen and oxygen atoms in total. The van der Waals surface area contributed by atoms with Crippen molar-refractivity contribution in [3.8, 4) is 5.75 Å². The van der Waals surface area contributed by atoms with E-state index in [1.165, 1.54) is 0 Å². The number of aryl methyl sites for hydroxylation is 1. The van der Waals surface area contributed by atoms with E-state index in [0.717, 1.165) is 47.9 Å². The fourth-order valence-electron chi connectivity index (χ4n) is 1.98. The molecule has 0 saturated carbocycles. The first-order valence-electron chi connectivity index (χ1n) is 7.28. The molecule has 1 heterocycles. The highest BCUT2D eigenvalue weighted by Crippen LogP contribution is 2.29. The lowest BCUT2D eigenvalue weighted by Crippen LogP contribution is -2.14. The zero-order valence-electron chi connectivity index (χ0n) is 12.5. The van der Waals surface area contributed by atoms with E-state index in [2.05, 4.69) is 24.1 Å². The maximum absolute atomic E-state index is 6.27. The smallest absolute Gasteiger partial charge is 0.142 e. The fourth-order valence-corrected chi connectivity index (χ4v) is 2.96. The molecular weight excluding hydrogens is 304 g/mol. The third kappa shape index (κ3) is 4.70.